The fraction of sp³-hybridized carbons (Fsp3) is 0.208. The summed E-state index contributed by atoms with van der Waals surface area (Å²) in [6.07, 6.45) is 4.66. The van der Waals surface area contributed by atoms with Gasteiger partial charge in [0.05, 0.1) is 39.2 Å². The molecule has 0 bridgehead atoms. The first-order valence-electron chi connectivity index (χ1n) is 12.3. The molecule has 1 aliphatic heterocycles. The van der Waals surface area contributed by atoms with Crippen molar-refractivity contribution in [1.29, 1.82) is 0 Å². The molecule has 5 aromatic rings. The van der Waals surface area contributed by atoms with Gasteiger partial charge in [-0.3, -0.25) is 13.8 Å². The largest absolute Gasteiger partial charge is 0.338 e. The molecule has 0 saturated carbocycles. The molecule has 1 aliphatic rings. The second kappa shape index (κ2) is 7.89. The highest BCUT2D eigenvalue weighted by Crippen LogP contribution is 2.32. The minimum absolute atomic E-state index is 0.0283. The Bertz CT molecular complexity index is 1790. The molecule has 0 spiro atoms. The number of aromatic nitrogens is 6. The highest BCUT2D eigenvalue weighted by Gasteiger charge is 2.29. The topological polar surface area (TPSA) is 74.6 Å². The second-order valence-corrected chi connectivity index (χ2v) is 8.74. The van der Waals surface area contributed by atoms with E-state index in [-0.39, 0.29) is 27.7 Å². The van der Waals surface area contributed by atoms with Gasteiger partial charge in [-0.25, -0.2) is 18.3 Å². The van der Waals surface area contributed by atoms with E-state index >= 15 is 4.39 Å². The van der Waals surface area contributed by atoms with Crippen LogP contribution < -0.4 is 11.0 Å². The van der Waals surface area contributed by atoms with Crippen molar-refractivity contribution in [2.24, 2.45) is 6.98 Å². The summed E-state index contributed by atoms with van der Waals surface area (Å²) in [5.74, 6) is -0.948. The van der Waals surface area contributed by atoms with Crippen LogP contribution in [-0.2, 0) is 13.4 Å². The first-order valence-corrected chi connectivity index (χ1v) is 11.2. The molecule has 0 radical (unpaired) electrons. The standard InChI is InChI=1S/C24H20ClF2N7O/c1-13-21-18(7-8-28-13)30-34(14-3-4-17(26)16(25)11-14)23(21)33-10-9-32(24(33)35)20-6-5-19-15(22(20)27)12-29-31(19)2/h3-6,9-13,28H,7-8H2,1-2H3/t13-/m0/s1/i2D3. The van der Waals surface area contributed by atoms with Gasteiger partial charge < -0.3 is 5.32 Å². The van der Waals surface area contributed by atoms with Crippen molar-refractivity contribution in [1.82, 2.24) is 34.0 Å². The highest BCUT2D eigenvalue weighted by molar-refractivity contribution is 6.30. The van der Waals surface area contributed by atoms with Crippen LogP contribution in [0.15, 0.2) is 53.7 Å². The predicted octanol–water partition coefficient (Wildman–Crippen LogP) is 3.84. The number of benzene rings is 2. The summed E-state index contributed by atoms with van der Waals surface area (Å²) in [6.45, 7) is 0.0601. The van der Waals surface area contributed by atoms with Crippen LogP contribution in [-0.4, -0.2) is 35.2 Å². The molecule has 0 saturated heterocycles. The number of nitrogens with zero attached hydrogens (tertiary/aromatic N) is 6. The molecule has 178 valence electrons. The van der Waals surface area contributed by atoms with Gasteiger partial charge in [-0.2, -0.15) is 10.2 Å². The van der Waals surface area contributed by atoms with Gasteiger partial charge in [0, 0.05) is 48.1 Å². The summed E-state index contributed by atoms with van der Waals surface area (Å²) in [7, 11) is 0. The molecule has 0 amide bonds. The Morgan fingerprint density at radius 1 is 1.20 bits per heavy atom. The lowest BCUT2D eigenvalue weighted by Crippen LogP contribution is -2.30. The van der Waals surface area contributed by atoms with Gasteiger partial charge in [-0.05, 0) is 37.3 Å². The van der Waals surface area contributed by atoms with Gasteiger partial charge in [0.1, 0.15) is 11.6 Å². The number of imidazole rings is 1. The Labute approximate surface area is 207 Å². The molecule has 0 aliphatic carbocycles. The number of rotatable bonds is 3. The molecule has 1 atom stereocenters. The number of halogens is 3. The zero-order valence-electron chi connectivity index (χ0n) is 21.3. The maximum absolute atomic E-state index is 15.6. The molecule has 0 unspecified atom stereocenters. The zero-order valence-corrected chi connectivity index (χ0v) is 19.1. The van der Waals surface area contributed by atoms with E-state index < -0.39 is 24.3 Å². The van der Waals surface area contributed by atoms with Crippen molar-refractivity contribution in [3.05, 3.63) is 87.3 Å². The van der Waals surface area contributed by atoms with E-state index in [1.54, 1.807) is 0 Å². The number of hydrogen-bond donors (Lipinski definition) is 1. The quantitative estimate of drug-likeness (QED) is 0.410. The van der Waals surface area contributed by atoms with Crippen molar-refractivity contribution >= 4 is 22.5 Å². The van der Waals surface area contributed by atoms with Crippen molar-refractivity contribution in [2.75, 3.05) is 6.54 Å². The third-order valence-corrected chi connectivity index (χ3v) is 6.59. The van der Waals surface area contributed by atoms with Crippen LogP contribution in [0.25, 0.3) is 28.1 Å². The smallest absolute Gasteiger partial charge is 0.310 e. The summed E-state index contributed by atoms with van der Waals surface area (Å²) < 4.78 is 57.0. The fourth-order valence-electron chi connectivity index (χ4n) is 4.60. The summed E-state index contributed by atoms with van der Waals surface area (Å²) in [6, 6.07) is 6.77. The predicted molar refractivity (Wildman–Crippen MR) is 128 cm³/mol. The summed E-state index contributed by atoms with van der Waals surface area (Å²) >= 11 is 6.04. The van der Waals surface area contributed by atoms with Crippen LogP contribution in [0.1, 0.15) is 28.3 Å². The number of aryl methyl sites for hydroxylation is 1. The van der Waals surface area contributed by atoms with Crippen LogP contribution in [0, 0.1) is 11.6 Å². The maximum atomic E-state index is 15.6. The third-order valence-electron chi connectivity index (χ3n) is 6.30. The molecule has 1 N–H and O–H groups in total. The first-order chi connectivity index (χ1) is 18.1. The lowest BCUT2D eigenvalue weighted by Gasteiger charge is -2.21. The van der Waals surface area contributed by atoms with E-state index in [1.807, 2.05) is 6.92 Å². The van der Waals surface area contributed by atoms with Crippen LogP contribution >= 0.6 is 11.6 Å². The Balaban J connectivity index is 1.54. The van der Waals surface area contributed by atoms with Gasteiger partial charge in [0.2, 0.25) is 0 Å². The molecular formula is C24H20ClF2N7O. The van der Waals surface area contributed by atoms with E-state index in [0.29, 0.717) is 24.5 Å². The Kier molecular flexibility index (Phi) is 4.18. The average molecular weight is 499 g/mol. The van der Waals surface area contributed by atoms with E-state index in [2.05, 4.69) is 10.4 Å². The molecule has 11 heteroatoms. The lowest BCUT2D eigenvalue weighted by atomic mass is 10.0. The van der Waals surface area contributed by atoms with E-state index in [9.17, 15) is 9.18 Å². The minimum atomic E-state index is -2.58. The van der Waals surface area contributed by atoms with Gasteiger partial charge in [-0.1, -0.05) is 11.6 Å². The highest BCUT2D eigenvalue weighted by atomic mass is 35.5. The number of fused-ring (bicyclic) bond motifs is 2. The van der Waals surface area contributed by atoms with Gasteiger partial charge in [0.25, 0.3) is 0 Å². The fourth-order valence-corrected chi connectivity index (χ4v) is 4.77. The van der Waals surface area contributed by atoms with Crippen LogP contribution in [0.2, 0.25) is 5.02 Å². The van der Waals surface area contributed by atoms with E-state index in [1.165, 1.54) is 52.0 Å². The van der Waals surface area contributed by atoms with Crippen LogP contribution in [0.3, 0.4) is 0 Å². The molecule has 35 heavy (non-hydrogen) atoms. The number of hydrogen-bond acceptors (Lipinski definition) is 4. The monoisotopic (exact) mass is 498 g/mol. The molecule has 2 aromatic carbocycles. The van der Waals surface area contributed by atoms with Crippen molar-refractivity contribution in [2.45, 2.75) is 19.4 Å². The van der Waals surface area contributed by atoms with Crippen LogP contribution in [0.4, 0.5) is 8.78 Å². The second-order valence-electron chi connectivity index (χ2n) is 8.33. The van der Waals surface area contributed by atoms with Gasteiger partial charge in [0.15, 0.2) is 5.82 Å². The van der Waals surface area contributed by atoms with Gasteiger partial charge >= 0.3 is 5.69 Å². The van der Waals surface area contributed by atoms with Crippen molar-refractivity contribution in [3.8, 4) is 17.2 Å². The molecule has 4 heterocycles. The minimum Gasteiger partial charge on any atom is -0.310 e. The van der Waals surface area contributed by atoms with E-state index in [4.69, 9.17) is 20.8 Å². The Morgan fingerprint density at radius 3 is 2.83 bits per heavy atom. The summed E-state index contributed by atoms with van der Waals surface area (Å²) in [5.41, 5.74) is 1.45. The Morgan fingerprint density at radius 2 is 2.03 bits per heavy atom. The average Bonchev–Trinajstić information content (AvgIpc) is 3.57. The molecule has 3 aromatic heterocycles. The molecule has 8 nitrogen and oxygen atoms in total. The maximum Gasteiger partial charge on any atom is 0.338 e. The van der Waals surface area contributed by atoms with Crippen molar-refractivity contribution in [3.63, 3.8) is 0 Å². The molecule has 0 fully saturated rings. The molecule has 6 rings (SSSR count). The zero-order chi connectivity index (χ0) is 26.9. The summed E-state index contributed by atoms with van der Waals surface area (Å²) in [5, 5.41) is 11.8. The van der Waals surface area contributed by atoms with Crippen LogP contribution in [0.5, 0.6) is 0 Å². The lowest BCUT2D eigenvalue weighted by molar-refractivity contribution is 0.536. The summed E-state index contributed by atoms with van der Waals surface area (Å²) in [4.78, 5) is 13.7. The normalized spacial score (nSPS) is 17.3. The van der Waals surface area contributed by atoms with E-state index in [0.717, 1.165) is 26.7 Å². The first kappa shape index (κ1) is 18.6. The molecular weight excluding hydrogens is 476 g/mol. The van der Waals surface area contributed by atoms with Gasteiger partial charge in [-0.15, -0.1) is 0 Å². The number of nitrogens with one attached hydrogen (secondary N) is 1. The Hall–Kier alpha value is -3.76. The van der Waals surface area contributed by atoms with Crippen molar-refractivity contribution < 1.29 is 12.9 Å². The SMILES string of the molecule is [2H]C([2H])([2H])n1ncc2c(F)c(-n3ccn(-c4c5c(nn4-c4ccc(F)c(Cl)c4)CCN[C@H]5C)c3=O)ccc21. The third kappa shape index (κ3) is 3.24.